The van der Waals surface area contributed by atoms with E-state index in [1.807, 2.05) is 56.3 Å². The van der Waals surface area contributed by atoms with Crippen molar-refractivity contribution >= 4 is 28.7 Å². The molecule has 2 heterocycles. The lowest BCUT2D eigenvalue weighted by atomic mass is 10.0. The molecule has 5 rings (SSSR count). The van der Waals surface area contributed by atoms with Crippen molar-refractivity contribution in [3.8, 4) is 17.2 Å². The summed E-state index contributed by atoms with van der Waals surface area (Å²) in [5.74, 6) is 1.38. The van der Waals surface area contributed by atoms with Gasteiger partial charge in [-0.15, -0.1) is 0 Å². The number of amides is 1. The summed E-state index contributed by atoms with van der Waals surface area (Å²) in [6.45, 7) is 3.95. The number of anilines is 1. The molecule has 166 valence electrons. The van der Waals surface area contributed by atoms with Crippen LogP contribution in [0.1, 0.15) is 25.0 Å². The molecule has 0 unspecified atom stereocenters. The first-order valence-electron chi connectivity index (χ1n) is 10.7. The van der Waals surface area contributed by atoms with Gasteiger partial charge in [0.25, 0.3) is 5.91 Å². The molecule has 0 saturated carbocycles. The van der Waals surface area contributed by atoms with Gasteiger partial charge in [-0.25, -0.2) is 4.79 Å². The van der Waals surface area contributed by atoms with Crippen LogP contribution in [0.25, 0.3) is 11.1 Å². The third-order valence-electron chi connectivity index (χ3n) is 6.01. The maximum atomic E-state index is 13.5. The molecule has 0 spiro atoms. The van der Waals surface area contributed by atoms with E-state index >= 15 is 0 Å². The number of hydrogen-bond acceptors (Lipinski definition) is 5. The van der Waals surface area contributed by atoms with Crippen molar-refractivity contribution in [1.29, 1.82) is 0 Å². The quantitative estimate of drug-likeness (QED) is 0.450. The van der Waals surface area contributed by atoms with Gasteiger partial charge < -0.3 is 19.1 Å². The molecular weight excluding hydrogens is 418 g/mol. The molecule has 2 aliphatic rings. The van der Waals surface area contributed by atoms with Crippen molar-refractivity contribution in [2.45, 2.75) is 19.9 Å². The number of carbonyl (C=O) groups is 2. The van der Waals surface area contributed by atoms with Crippen molar-refractivity contribution in [1.82, 2.24) is 0 Å². The van der Waals surface area contributed by atoms with Crippen LogP contribution >= 0.6 is 0 Å². The average Bonchev–Trinajstić information content (AvgIpc) is 3.29. The molecule has 6 nitrogen and oxygen atoms in total. The zero-order valence-corrected chi connectivity index (χ0v) is 18.8. The Kier molecular flexibility index (Phi) is 4.93. The van der Waals surface area contributed by atoms with Crippen LogP contribution in [0.3, 0.4) is 0 Å². The monoisotopic (exact) mass is 441 g/mol. The number of methoxy groups -OCH3 is 2. The summed E-state index contributed by atoms with van der Waals surface area (Å²) in [4.78, 5) is 28.1. The lowest BCUT2D eigenvalue weighted by Crippen LogP contribution is -2.35. The maximum absolute atomic E-state index is 13.5. The highest BCUT2D eigenvalue weighted by Gasteiger charge is 2.34. The number of carbonyl (C=O) groups excluding carboxylic acids is 2. The van der Waals surface area contributed by atoms with Crippen molar-refractivity contribution in [2.75, 3.05) is 19.1 Å². The number of benzene rings is 3. The van der Waals surface area contributed by atoms with Crippen LogP contribution in [-0.4, -0.2) is 32.1 Å². The van der Waals surface area contributed by atoms with E-state index < -0.39 is 5.97 Å². The molecule has 6 heteroatoms. The normalized spacial score (nSPS) is 14.5. The minimum absolute atomic E-state index is 0.0625. The van der Waals surface area contributed by atoms with Gasteiger partial charge in [-0.1, -0.05) is 24.3 Å². The summed E-state index contributed by atoms with van der Waals surface area (Å²) >= 11 is 0. The molecule has 0 aromatic heterocycles. The fourth-order valence-corrected chi connectivity index (χ4v) is 4.43. The van der Waals surface area contributed by atoms with E-state index in [0.717, 1.165) is 22.0 Å². The molecule has 1 amide bonds. The number of esters is 1. The summed E-state index contributed by atoms with van der Waals surface area (Å²) in [7, 11) is 3.20. The summed E-state index contributed by atoms with van der Waals surface area (Å²) in [5, 5.41) is 1.43. The third-order valence-corrected chi connectivity index (χ3v) is 6.01. The molecule has 0 fully saturated rings. The molecule has 3 aromatic carbocycles. The number of nitrogens with zero attached hydrogens (tertiary/aromatic N) is 1. The van der Waals surface area contributed by atoms with Crippen LogP contribution in [0.2, 0.25) is 0 Å². The summed E-state index contributed by atoms with van der Waals surface area (Å²) in [6, 6.07) is 18.3. The minimum Gasteiger partial charge on any atom is -0.497 e. The predicted octanol–water partition coefficient (Wildman–Crippen LogP) is 2.78. The molecule has 0 atom stereocenters. The van der Waals surface area contributed by atoms with E-state index in [-0.39, 0.29) is 11.9 Å². The minimum atomic E-state index is -0.410. The largest absolute Gasteiger partial charge is 0.497 e. The van der Waals surface area contributed by atoms with Gasteiger partial charge in [0.1, 0.15) is 17.2 Å². The van der Waals surface area contributed by atoms with Gasteiger partial charge in [0.05, 0.1) is 31.1 Å². The Balaban J connectivity index is 1.77. The predicted molar refractivity (Wildman–Crippen MR) is 125 cm³/mol. The lowest BCUT2D eigenvalue weighted by molar-refractivity contribution is -0.127. The van der Waals surface area contributed by atoms with Crippen LogP contribution < -0.4 is 29.5 Å². The Morgan fingerprint density at radius 1 is 0.758 bits per heavy atom. The third kappa shape index (κ3) is 3.26. The number of ether oxygens (including phenoxy) is 3. The molecule has 0 aliphatic carbocycles. The molecular formula is C27H23NO5. The highest BCUT2D eigenvalue weighted by molar-refractivity contribution is 6.30. The van der Waals surface area contributed by atoms with Crippen molar-refractivity contribution in [3.05, 3.63) is 82.2 Å². The SMILES string of the molecule is COc1ccc(C2=c3cc4c(cc3OC2=O)=C(c2ccc(OC)cc2)C(=O)N4C(C)C)cc1. The van der Waals surface area contributed by atoms with Crippen molar-refractivity contribution in [2.24, 2.45) is 0 Å². The zero-order chi connectivity index (χ0) is 23.3. The van der Waals surface area contributed by atoms with Crippen molar-refractivity contribution in [3.63, 3.8) is 0 Å². The Labute approximate surface area is 191 Å². The Bertz CT molecular complexity index is 1400. The highest BCUT2D eigenvalue weighted by atomic mass is 16.5. The molecule has 0 radical (unpaired) electrons. The Hall–Kier alpha value is -4.06. The summed E-state index contributed by atoms with van der Waals surface area (Å²) in [6.07, 6.45) is 0. The molecule has 0 N–H and O–H groups in total. The van der Waals surface area contributed by atoms with E-state index in [4.69, 9.17) is 14.2 Å². The smallest absolute Gasteiger partial charge is 0.344 e. The van der Waals surface area contributed by atoms with Gasteiger partial charge in [-0.05, 0) is 61.4 Å². The first-order chi connectivity index (χ1) is 15.9. The second kappa shape index (κ2) is 7.81. The Morgan fingerprint density at radius 2 is 1.30 bits per heavy atom. The van der Waals surface area contributed by atoms with Crippen LogP contribution in [0.5, 0.6) is 17.2 Å². The number of rotatable bonds is 5. The first-order valence-corrected chi connectivity index (χ1v) is 10.7. The molecule has 3 aromatic rings. The first kappa shape index (κ1) is 20.8. The van der Waals surface area contributed by atoms with E-state index in [1.165, 1.54) is 0 Å². The fourth-order valence-electron chi connectivity index (χ4n) is 4.43. The van der Waals surface area contributed by atoms with E-state index in [1.54, 1.807) is 37.3 Å². The van der Waals surface area contributed by atoms with E-state index in [0.29, 0.717) is 33.6 Å². The molecule has 0 saturated heterocycles. The van der Waals surface area contributed by atoms with Gasteiger partial charge in [-0.2, -0.15) is 0 Å². The van der Waals surface area contributed by atoms with E-state index in [2.05, 4.69) is 0 Å². The number of hydrogen-bond donors (Lipinski definition) is 0. The average molecular weight is 441 g/mol. The zero-order valence-electron chi connectivity index (χ0n) is 18.8. The van der Waals surface area contributed by atoms with Gasteiger partial charge >= 0.3 is 5.97 Å². The highest BCUT2D eigenvalue weighted by Crippen LogP contribution is 2.31. The second-order valence-corrected chi connectivity index (χ2v) is 8.23. The lowest BCUT2D eigenvalue weighted by Gasteiger charge is -2.23. The summed E-state index contributed by atoms with van der Waals surface area (Å²) in [5.41, 5.74) is 3.35. The molecule has 0 bridgehead atoms. The molecule has 2 aliphatic heterocycles. The maximum Gasteiger partial charge on any atom is 0.344 e. The Morgan fingerprint density at radius 3 is 1.82 bits per heavy atom. The fraction of sp³-hybridized carbons (Fsp3) is 0.185. The van der Waals surface area contributed by atoms with Gasteiger partial charge in [0, 0.05) is 16.5 Å². The second-order valence-electron chi connectivity index (χ2n) is 8.23. The van der Waals surface area contributed by atoms with E-state index in [9.17, 15) is 9.59 Å². The van der Waals surface area contributed by atoms with Gasteiger partial charge in [-0.3, -0.25) is 4.79 Å². The summed E-state index contributed by atoms with van der Waals surface area (Å²) < 4.78 is 16.1. The van der Waals surface area contributed by atoms with Gasteiger partial charge in [0.2, 0.25) is 0 Å². The standard InChI is InChI=1S/C27H23NO5/c1-15(2)28-22-13-21-23(33-27(30)25(21)17-7-11-19(32-4)12-8-17)14-20(22)24(26(28)29)16-5-9-18(31-3)10-6-16/h5-15H,1-4H3. The van der Waals surface area contributed by atoms with Crippen molar-refractivity contribution < 1.29 is 23.8 Å². The van der Waals surface area contributed by atoms with Crippen LogP contribution in [-0.2, 0) is 9.59 Å². The van der Waals surface area contributed by atoms with Crippen LogP contribution in [0.4, 0.5) is 5.69 Å². The van der Waals surface area contributed by atoms with Crippen LogP contribution in [0.15, 0.2) is 60.7 Å². The van der Waals surface area contributed by atoms with Gasteiger partial charge in [0.15, 0.2) is 0 Å². The molecule has 33 heavy (non-hydrogen) atoms. The topological polar surface area (TPSA) is 65.1 Å². The van der Waals surface area contributed by atoms with Crippen LogP contribution in [0, 0.1) is 0 Å². The number of fused-ring (bicyclic) bond motifs is 2.